The first-order chi connectivity index (χ1) is 5.27. The molecule has 1 atom stereocenters. The Bertz CT molecular complexity index is 256. The molecule has 0 radical (unpaired) electrons. The van der Waals surface area contributed by atoms with Crippen molar-refractivity contribution in [3.8, 4) is 0 Å². The van der Waals surface area contributed by atoms with Crippen molar-refractivity contribution < 1.29 is 0 Å². The Morgan fingerprint density at radius 3 is 3.36 bits per heavy atom. The molecule has 0 fully saturated rings. The van der Waals surface area contributed by atoms with E-state index in [1.54, 1.807) is 0 Å². The molecule has 1 aromatic heterocycles. The van der Waals surface area contributed by atoms with Crippen LogP contribution in [0.15, 0.2) is 11.4 Å². The fourth-order valence-corrected chi connectivity index (χ4v) is 2.58. The summed E-state index contributed by atoms with van der Waals surface area (Å²) >= 11 is 1.81. The maximum Gasteiger partial charge on any atom is 0.0435 e. The van der Waals surface area contributed by atoms with E-state index in [-0.39, 0.29) is 6.04 Å². The Kier molecular flexibility index (Phi) is 1.71. The zero-order valence-electron chi connectivity index (χ0n) is 6.58. The summed E-state index contributed by atoms with van der Waals surface area (Å²) in [5.41, 5.74) is 7.30. The van der Waals surface area contributed by atoms with Crippen LogP contribution in [0.5, 0.6) is 0 Å². The highest BCUT2D eigenvalue weighted by Gasteiger charge is 2.20. The molecule has 0 saturated carbocycles. The minimum Gasteiger partial charge on any atom is -0.323 e. The van der Waals surface area contributed by atoms with E-state index in [9.17, 15) is 0 Å². The van der Waals surface area contributed by atoms with Gasteiger partial charge in [-0.05, 0) is 24.1 Å². The number of likely N-dealkylation sites (N-methyl/N-ethyl adjacent to an activating group) is 1. The molecule has 0 aromatic carbocycles. The molecule has 0 saturated heterocycles. The summed E-state index contributed by atoms with van der Waals surface area (Å²) in [5, 5.41) is 2.13. The first kappa shape index (κ1) is 7.28. The smallest absolute Gasteiger partial charge is 0.0435 e. The lowest BCUT2D eigenvalue weighted by atomic mass is 10.1. The molecule has 3 heteroatoms. The molecule has 2 heterocycles. The largest absolute Gasteiger partial charge is 0.323 e. The lowest BCUT2D eigenvalue weighted by molar-refractivity contribution is 0.287. The minimum atomic E-state index is 0.231. The second kappa shape index (κ2) is 2.59. The van der Waals surface area contributed by atoms with Gasteiger partial charge in [0.05, 0.1) is 0 Å². The fraction of sp³-hybridized carbons (Fsp3) is 0.500. The summed E-state index contributed by atoms with van der Waals surface area (Å²) in [7, 11) is 2.11. The van der Waals surface area contributed by atoms with E-state index in [1.165, 1.54) is 10.4 Å². The summed E-state index contributed by atoms with van der Waals surface area (Å²) in [4.78, 5) is 3.70. The molecule has 0 spiro atoms. The molecule has 0 aliphatic carbocycles. The number of nitrogens with two attached hydrogens (primary N) is 1. The zero-order chi connectivity index (χ0) is 7.84. The summed E-state index contributed by atoms with van der Waals surface area (Å²) < 4.78 is 0. The van der Waals surface area contributed by atoms with Gasteiger partial charge in [-0.15, -0.1) is 11.3 Å². The van der Waals surface area contributed by atoms with Gasteiger partial charge in [-0.3, -0.25) is 4.90 Å². The Morgan fingerprint density at radius 1 is 1.73 bits per heavy atom. The zero-order valence-corrected chi connectivity index (χ0v) is 7.40. The molecule has 2 N–H and O–H groups in total. The molecular formula is C8H12N2S. The Morgan fingerprint density at radius 2 is 2.55 bits per heavy atom. The van der Waals surface area contributed by atoms with Crippen molar-refractivity contribution in [3.63, 3.8) is 0 Å². The highest BCUT2D eigenvalue weighted by atomic mass is 32.1. The molecule has 2 rings (SSSR count). The standard InChI is InChI=1S/C8H12N2S/c1-10-4-7(9)6-2-3-11-8(6)5-10/h2-3,7H,4-5,9H2,1H3/t7-/m1/s1. The number of fused-ring (bicyclic) bond motifs is 1. The molecule has 0 unspecified atom stereocenters. The predicted molar refractivity (Wildman–Crippen MR) is 47.6 cm³/mol. The van der Waals surface area contributed by atoms with E-state index in [1.807, 2.05) is 11.3 Å². The van der Waals surface area contributed by atoms with Crippen molar-refractivity contribution in [3.05, 3.63) is 21.9 Å². The first-order valence-corrected chi connectivity index (χ1v) is 4.65. The molecule has 1 aliphatic rings. The average Bonchev–Trinajstić information content (AvgIpc) is 2.34. The molecule has 60 valence electrons. The van der Waals surface area contributed by atoms with Gasteiger partial charge >= 0.3 is 0 Å². The average molecular weight is 168 g/mol. The van der Waals surface area contributed by atoms with Crippen LogP contribution in [-0.2, 0) is 6.54 Å². The molecule has 2 nitrogen and oxygen atoms in total. The monoisotopic (exact) mass is 168 g/mol. The van der Waals surface area contributed by atoms with Gasteiger partial charge in [0.25, 0.3) is 0 Å². The lowest BCUT2D eigenvalue weighted by Gasteiger charge is -2.27. The molecule has 1 aromatic rings. The third-order valence-corrected chi connectivity index (χ3v) is 3.02. The first-order valence-electron chi connectivity index (χ1n) is 3.78. The van der Waals surface area contributed by atoms with Gasteiger partial charge in [-0.25, -0.2) is 0 Å². The summed E-state index contributed by atoms with van der Waals surface area (Å²) in [5.74, 6) is 0. The number of hydrogen-bond donors (Lipinski definition) is 1. The van der Waals surface area contributed by atoms with Crippen LogP contribution < -0.4 is 5.73 Å². The Hall–Kier alpha value is -0.380. The van der Waals surface area contributed by atoms with Crippen LogP contribution in [0.2, 0.25) is 0 Å². The Balaban J connectivity index is 2.36. The normalized spacial score (nSPS) is 25.1. The number of hydrogen-bond acceptors (Lipinski definition) is 3. The number of nitrogens with zero attached hydrogens (tertiary/aromatic N) is 1. The summed E-state index contributed by atoms with van der Waals surface area (Å²) in [6, 6.07) is 2.38. The van der Waals surface area contributed by atoms with Crippen LogP contribution in [0.4, 0.5) is 0 Å². The van der Waals surface area contributed by atoms with Gasteiger partial charge in [0.2, 0.25) is 0 Å². The van der Waals surface area contributed by atoms with Crippen LogP contribution in [0.1, 0.15) is 16.5 Å². The van der Waals surface area contributed by atoms with Crippen LogP contribution in [0, 0.1) is 0 Å². The predicted octanol–water partition coefficient (Wildman–Crippen LogP) is 1.19. The van der Waals surface area contributed by atoms with Gasteiger partial charge in [-0.1, -0.05) is 0 Å². The van der Waals surface area contributed by atoms with Crippen LogP contribution in [0.25, 0.3) is 0 Å². The topological polar surface area (TPSA) is 29.3 Å². The van der Waals surface area contributed by atoms with Crippen LogP contribution in [-0.4, -0.2) is 18.5 Å². The molecule has 0 bridgehead atoms. The Labute approximate surface area is 70.6 Å². The second-order valence-corrected chi connectivity index (χ2v) is 4.10. The van der Waals surface area contributed by atoms with Crippen LogP contribution >= 0.6 is 11.3 Å². The van der Waals surface area contributed by atoms with Crippen molar-refractivity contribution in [2.45, 2.75) is 12.6 Å². The van der Waals surface area contributed by atoms with Gasteiger partial charge in [0.1, 0.15) is 0 Å². The highest BCUT2D eigenvalue weighted by molar-refractivity contribution is 7.10. The molecule has 1 aliphatic heterocycles. The van der Waals surface area contributed by atoms with Gasteiger partial charge in [-0.2, -0.15) is 0 Å². The van der Waals surface area contributed by atoms with E-state index < -0.39 is 0 Å². The molecule has 11 heavy (non-hydrogen) atoms. The second-order valence-electron chi connectivity index (χ2n) is 3.10. The van der Waals surface area contributed by atoms with Crippen LogP contribution in [0.3, 0.4) is 0 Å². The van der Waals surface area contributed by atoms with E-state index in [0.29, 0.717) is 0 Å². The minimum absolute atomic E-state index is 0.231. The van der Waals surface area contributed by atoms with Crippen molar-refractivity contribution >= 4 is 11.3 Å². The fourth-order valence-electron chi connectivity index (χ4n) is 1.55. The summed E-state index contributed by atoms with van der Waals surface area (Å²) in [6.45, 7) is 2.06. The van der Waals surface area contributed by atoms with Gasteiger partial charge < -0.3 is 5.73 Å². The maximum absolute atomic E-state index is 5.95. The van der Waals surface area contributed by atoms with Crippen molar-refractivity contribution in [2.24, 2.45) is 5.73 Å². The SMILES string of the molecule is CN1Cc2sccc2[C@H](N)C1. The van der Waals surface area contributed by atoms with Gasteiger partial charge in [0, 0.05) is 24.0 Å². The van der Waals surface area contributed by atoms with E-state index in [2.05, 4.69) is 23.4 Å². The third-order valence-electron chi connectivity index (χ3n) is 2.10. The van der Waals surface area contributed by atoms with E-state index in [0.717, 1.165) is 13.1 Å². The van der Waals surface area contributed by atoms with E-state index >= 15 is 0 Å². The number of rotatable bonds is 0. The van der Waals surface area contributed by atoms with Crippen molar-refractivity contribution in [1.82, 2.24) is 4.90 Å². The van der Waals surface area contributed by atoms with E-state index in [4.69, 9.17) is 5.73 Å². The van der Waals surface area contributed by atoms with Crippen molar-refractivity contribution in [2.75, 3.05) is 13.6 Å². The third kappa shape index (κ3) is 1.20. The molecule has 0 amide bonds. The van der Waals surface area contributed by atoms with Gasteiger partial charge in [0.15, 0.2) is 0 Å². The number of thiophene rings is 1. The summed E-state index contributed by atoms with van der Waals surface area (Å²) in [6.07, 6.45) is 0. The highest BCUT2D eigenvalue weighted by Crippen LogP contribution is 2.27. The maximum atomic E-state index is 5.95. The van der Waals surface area contributed by atoms with Crippen molar-refractivity contribution in [1.29, 1.82) is 0 Å². The quantitative estimate of drug-likeness (QED) is 0.630. The molecular weight excluding hydrogens is 156 g/mol. The lowest BCUT2D eigenvalue weighted by Crippen LogP contribution is -2.33.